The molecule has 0 aliphatic carbocycles. The number of ether oxygens (including phenoxy) is 2. The number of aryl methyl sites for hydroxylation is 1. The van der Waals surface area contributed by atoms with Gasteiger partial charge in [0.1, 0.15) is 11.9 Å². The van der Waals surface area contributed by atoms with Crippen molar-refractivity contribution in [2.75, 3.05) is 20.2 Å². The third kappa shape index (κ3) is 4.74. The summed E-state index contributed by atoms with van der Waals surface area (Å²) in [6.07, 6.45) is 2.22. The summed E-state index contributed by atoms with van der Waals surface area (Å²) >= 11 is 0. The highest BCUT2D eigenvalue weighted by atomic mass is 19.3. The number of methoxy groups -OCH3 is 1. The van der Waals surface area contributed by atoms with Gasteiger partial charge >= 0.3 is 0 Å². The summed E-state index contributed by atoms with van der Waals surface area (Å²) in [6.45, 7) is 2.82. The molecule has 37 heavy (non-hydrogen) atoms. The van der Waals surface area contributed by atoms with E-state index >= 15 is 0 Å². The van der Waals surface area contributed by atoms with Crippen molar-refractivity contribution in [3.8, 4) is 22.8 Å². The van der Waals surface area contributed by atoms with Gasteiger partial charge < -0.3 is 19.4 Å². The Balaban J connectivity index is 1.43. The lowest BCUT2D eigenvalue weighted by Crippen LogP contribution is -2.31. The monoisotopic (exact) mass is 506 g/mol. The number of aromatic nitrogens is 3. The smallest absolute Gasteiger partial charge is 0.269 e. The standard InChI is InChI=1S/C27H24F2N4O4/c1-15-22(37-18-8-10-33(14-18)27(35)16-3-6-23(34)31-12-16)5-4-21-24(15)19(7-9-30-21)17-11-20(25(28)29)26(36-2)32-13-17/h3-7,9,11-13,18,25H,8,10,14H2,1-2H3,(H,31,34). The molecule has 1 aromatic carbocycles. The molecule has 1 amide bonds. The van der Waals surface area contributed by atoms with E-state index < -0.39 is 6.43 Å². The average Bonchev–Trinajstić information content (AvgIpc) is 3.38. The number of benzene rings is 1. The first-order valence-corrected chi connectivity index (χ1v) is 11.7. The Kier molecular flexibility index (Phi) is 6.56. The Morgan fingerprint density at radius 1 is 1.19 bits per heavy atom. The molecule has 1 aliphatic heterocycles. The van der Waals surface area contributed by atoms with E-state index in [-0.39, 0.29) is 29.0 Å². The number of halogens is 2. The Hall–Kier alpha value is -4.34. The van der Waals surface area contributed by atoms with Crippen molar-refractivity contribution in [2.45, 2.75) is 25.9 Å². The second kappa shape index (κ2) is 9.96. The fourth-order valence-electron chi connectivity index (χ4n) is 4.63. The van der Waals surface area contributed by atoms with Gasteiger partial charge in [0.25, 0.3) is 12.3 Å². The van der Waals surface area contributed by atoms with Crippen molar-refractivity contribution in [1.29, 1.82) is 0 Å². The number of hydrogen-bond acceptors (Lipinski definition) is 6. The van der Waals surface area contributed by atoms with Gasteiger partial charge in [0, 0.05) is 54.1 Å². The Morgan fingerprint density at radius 2 is 2.03 bits per heavy atom. The van der Waals surface area contributed by atoms with Gasteiger partial charge in [-0.15, -0.1) is 0 Å². The summed E-state index contributed by atoms with van der Waals surface area (Å²) in [6, 6.07) is 9.63. The van der Waals surface area contributed by atoms with Crippen LogP contribution >= 0.6 is 0 Å². The largest absolute Gasteiger partial charge is 0.488 e. The summed E-state index contributed by atoms with van der Waals surface area (Å²) in [5.74, 6) is 0.339. The van der Waals surface area contributed by atoms with Crippen LogP contribution in [0, 0.1) is 6.92 Å². The number of pyridine rings is 3. The summed E-state index contributed by atoms with van der Waals surface area (Å²) in [4.78, 5) is 36.8. The van der Waals surface area contributed by atoms with Gasteiger partial charge in [0.15, 0.2) is 0 Å². The number of carbonyl (C=O) groups excluding carboxylic acids is 1. The van der Waals surface area contributed by atoms with Crippen molar-refractivity contribution in [3.63, 3.8) is 0 Å². The minimum Gasteiger partial charge on any atom is -0.488 e. The zero-order valence-electron chi connectivity index (χ0n) is 20.2. The number of rotatable bonds is 6. The lowest BCUT2D eigenvalue weighted by atomic mass is 9.97. The van der Waals surface area contributed by atoms with Crippen molar-refractivity contribution in [1.82, 2.24) is 19.9 Å². The summed E-state index contributed by atoms with van der Waals surface area (Å²) in [5, 5.41) is 0.770. The van der Waals surface area contributed by atoms with E-state index in [4.69, 9.17) is 9.47 Å². The molecule has 0 spiro atoms. The zero-order valence-corrected chi connectivity index (χ0v) is 20.2. The van der Waals surface area contributed by atoms with E-state index in [1.54, 1.807) is 17.2 Å². The quantitative estimate of drug-likeness (QED) is 0.413. The molecule has 0 radical (unpaired) electrons. The van der Waals surface area contributed by atoms with Crippen LogP contribution in [0.3, 0.4) is 0 Å². The van der Waals surface area contributed by atoms with Crippen LogP contribution in [0.15, 0.2) is 59.8 Å². The Bertz CT molecular complexity index is 1520. The van der Waals surface area contributed by atoms with E-state index in [1.165, 1.54) is 37.7 Å². The Morgan fingerprint density at radius 3 is 2.76 bits per heavy atom. The molecule has 1 unspecified atom stereocenters. The van der Waals surface area contributed by atoms with Gasteiger partial charge in [-0.25, -0.2) is 13.8 Å². The number of nitrogens with one attached hydrogen (secondary N) is 1. The second-order valence-electron chi connectivity index (χ2n) is 8.79. The number of alkyl halides is 2. The molecule has 190 valence electrons. The number of carbonyl (C=O) groups is 1. The average molecular weight is 507 g/mol. The molecule has 0 saturated carbocycles. The molecule has 10 heteroatoms. The van der Waals surface area contributed by atoms with Gasteiger partial charge in [-0.3, -0.25) is 14.6 Å². The molecule has 5 rings (SSSR count). The van der Waals surface area contributed by atoms with Gasteiger partial charge in [-0.05, 0) is 42.8 Å². The third-order valence-electron chi connectivity index (χ3n) is 6.49. The number of fused-ring (bicyclic) bond motifs is 1. The maximum Gasteiger partial charge on any atom is 0.269 e. The van der Waals surface area contributed by atoms with Crippen LogP contribution in [-0.4, -0.2) is 52.1 Å². The van der Waals surface area contributed by atoms with E-state index in [2.05, 4.69) is 15.0 Å². The molecule has 1 atom stereocenters. The molecule has 1 fully saturated rings. The molecule has 4 heterocycles. The first-order chi connectivity index (χ1) is 17.9. The fraction of sp³-hybridized carbons (Fsp3) is 0.259. The van der Waals surface area contributed by atoms with Gasteiger partial charge in [-0.1, -0.05) is 0 Å². The van der Waals surface area contributed by atoms with Crippen LogP contribution in [-0.2, 0) is 0 Å². The number of hydrogen-bond donors (Lipinski definition) is 1. The van der Waals surface area contributed by atoms with Crippen LogP contribution in [0.4, 0.5) is 8.78 Å². The number of amides is 1. The molecule has 1 saturated heterocycles. The topological polar surface area (TPSA) is 97.4 Å². The predicted molar refractivity (Wildman–Crippen MR) is 133 cm³/mol. The maximum atomic E-state index is 13.6. The van der Waals surface area contributed by atoms with Crippen LogP contribution in [0.5, 0.6) is 11.6 Å². The Labute approximate surface area is 210 Å². The maximum absolute atomic E-state index is 13.6. The minimum atomic E-state index is -2.74. The van der Waals surface area contributed by atoms with Crippen LogP contribution in [0.1, 0.15) is 34.3 Å². The summed E-state index contributed by atoms with van der Waals surface area (Å²) in [7, 11) is 1.31. The van der Waals surface area contributed by atoms with E-state index in [9.17, 15) is 18.4 Å². The normalized spacial score (nSPS) is 15.4. The van der Waals surface area contributed by atoms with Gasteiger partial charge in [0.2, 0.25) is 11.4 Å². The molecular formula is C27H24F2N4O4. The summed E-state index contributed by atoms with van der Waals surface area (Å²) < 4.78 is 38.5. The molecule has 3 aromatic heterocycles. The molecule has 0 bridgehead atoms. The van der Waals surface area contributed by atoms with Crippen LogP contribution < -0.4 is 15.0 Å². The highest BCUT2D eigenvalue weighted by molar-refractivity contribution is 5.98. The molecule has 8 nitrogen and oxygen atoms in total. The van der Waals surface area contributed by atoms with Crippen molar-refractivity contribution in [3.05, 3.63) is 82.0 Å². The van der Waals surface area contributed by atoms with Gasteiger partial charge in [0.05, 0.1) is 30.3 Å². The number of H-pyrrole nitrogens is 1. The fourth-order valence-corrected chi connectivity index (χ4v) is 4.63. The van der Waals surface area contributed by atoms with Crippen molar-refractivity contribution >= 4 is 16.8 Å². The lowest BCUT2D eigenvalue weighted by Gasteiger charge is -2.19. The SMILES string of the molecule is COc1ncc(-c2ccnc3ccc(OC4CCN(C(=O)c5ccc(=O)[nH]c5)C4)c(C)c23)cc1C(F)F. The molecular weight excluding hydrogens is 482 g/mol. The minimum absolute atomic E-state index is 0.111. The molecule has 4 aromatic rings. The predicted octanol–water partition coefficient (Wildman–Crippen LogP) is 4.53. The van der Waals surface area contributed by atoms with E-state index in [0.717, 1.165) is 10.9 Å². The summed E-state index contributed by atoms with van der Waals surface area (Å²) in [5.41, 5.74) is 2.57. The van der Waals surface area contributed by atoms with Crippen LogP contribution in [0.2, 0.25) is 0 Å². The number of likely N-dealkylation sites (tertiary alicyclic amines) is 1. The van der Waals surface area contributed by atoms with Crippen molar-refractivity contribution in [2.24, 2.45) is 0 Å². The molecule has 1 aliphatic rings. The molecule has 1 N–H and O–H groups in total. The number of aromatic amines is 1. The first-order valence-electron chi connectivity index (χ1n) is 11.7. The van der Waals surface area contributed by atoms with E-state index in [1.807, 2.05) is 19.1 Å². The van der Waals surface area contributed by atoms with Crippen LogP contribution in [0.25, 0.3) is 22.0 Å². The second-order valence-corrected chi connectivity index (χ2v) is 8.79. The highest BCUT2D eigenvalue weighted by Crippen LogP contribution is 2.37. The zero-order chi connectivity index (χ0) is 26.1. The number of nitrogens with zero attached hydrogens (tertiary/aromatic N) is 3. The first kappa shape index (κ1) is 24.4. The third-order valence-corrected chi connectivity index (χ3v) is 6.49. The van der Waals surface area contributed by atoms with Crippen molar-refractivity contribution < 1.29 is 23.0 Å². The van der Waals surface area contributed by atoms with E-state index in [0.29, 0.717) is 47.5 Å². The highest BCUT2D eigenvalue weighted by Gasteiger charge is 2.29. The lowest BCUT2D eigenvalue weighted by molar-refractivity contribution is 0.0772. The van der Waals surface area contributed by atoms with Gasteiger partial charge in [-0.2, -0.15) is 0 Å².